The minimum absolute atomic E-state index is 0.0943. The second kappa shape index (κ2) is 18.2. The van der Waals surface area contributed by atoms with Crippen LogP contribution in [0.3, 0.4) is 0 Å². The quantitative estimate of drug-likeness (QED) is 0.236. The summed E-state index contributed by atoms with van der Waals surface area (Å²) in [6.07, 6.45) is -4.73. The number of aliphatic hydroxyl groups excluding tert-OH is 1. The number of hydrogen-bond acceptors (Lipinski definition) is 14. The SMILES string of the molecule is CCC1OC(=O)[C@H](C)[C@@H](OC(=O)C(CSC)c2ccccc2)[C@H](C)[C@@H](O[C@@H]2O[C@H](C)C[C@H](N(C)C)[C@H]2O)[C@@](C)(O)C[C@@H](C)[C@H](N)[C@@H](C)[C@H]2OC(=O)O[C@]12C. The van der Waals surface area contributed by atoms with Crippen LogP contribution >= 0.6 is 11.8 Å². The van der Waals surface area contributed by atoms with Crippen molar-refractivity contribution in [2.75, 3.05) is 26.1 Å². The van der Waals surface area contributed by atoms with Gasteiger partial charge in [0, 0.05) is 29.7 Å². The fourth-order valence-electron chi connectivity index (χ4n) is 8.81. The van der Waals surface area contributed by atoms with Gasteiger partial charge in [-0.15, -0.1) is 0 Å². The molecular weight excluding hydrogens is 717 g/mol. The predicted molar refractivity (Wildman–Crippen MR) is 205 cm³/mol. The summed E-state index contributed by atoms with van der Waals surface area (Å²) in [5.41, 5.74) is 4.61. The van der Waals surface area contributed by atoms with Gasteiger partial charge in [0.25, 0.3) is 0 Å². The van der Waals surface area contributed by atoms with E-state index in [-0.39, 0.29) is 30.9 Å². The average Bonchev–Trinajstić information content (AvgIpc) is 3.43. The average molecular weight is 781 g/mol. The predicted octanol–water partition coefficient (Wildman–Crippen LogP) is 4.50. The zero-order chi connectivity index (χ0) is 40.3. The van der Waals surface area contributed by atoms with Crippen LogP contribution in [-0.2, 0) is 38.0 Å². The van der Waals surface area contributed by atoms with Crippen molar-refractivity contribution in [2.24, 2.45) is 29.4 Å². The van der Waals surface area contributed by atoms with E-state index in [1.807, 2.05) is 83.3 Å². The maximum absolute atomic E-state index is 14.3. The molecule has 0 aliphatic carbocycles. The van der Waals surface area contributed by atoms with Gasteiger partial charge in [0.2, 0.25) is 0 Å². The van der Waals surface area contributed by atoms with E-state index < -0.39 is 95.8 Å². The van der Waals surface area contributed by atoms with Gasteiger partial charge in [-0.05, 0) is 78.8 Å². The minimum Gasteiger partial charge on any atom is -0.461 e. The number of nitrogens with zero attached hydrogens (tertiary/aromatic N) is 1. The van der Waals surface area contributed by atoms with E-state index in [1.54, 1.807) is 27.7 Å². The molecular formula is C40H64N2O11S. The maximum Gasteiger partial charge on any atom is 0.509 e. The van der Waals surface area contributed by atoms with E-state index in [9.17, 15) is 24.6 Å². The lowest BCUT2D eigenvalue weighted by molar-refractivity contribution is -0.299. The van der Waals surface area contributed by atoms with Crippen molar-refractivity contribution < 1.29 is 53.0 Å². The molecule has 13 nitrogen and oxygen atoms in total. The summed E-state index contributed by atoms with van der Waals surface area (Å²) in [6.45, 7) is 14.1. The molecule has 0 aromatic heterocycles. The molecule has 1 aromatic rings. The van der Waals surface area contributed by atoms with Gasteiger partial charge in [-0.2, -0.15) is 11.8 Å². The summed E-state index contributed by atoms with van der Waals surface area (Å²) < 4.78 is 37.0. The number of thioether (sulfide) groups is 1. The third-order valence-electron chi connectivity index (χ3n) is 11.9. The Balaban J connectivity index is 1.85. The minimum atomic E-state index is -1.68. The van der Waals surface area contributed by atoms with Crippen LogP contribution in [0.25, 0.3) is 0 Å². The molecule has 54 heavy (non-hydrogen) atoms. The highest BCUT2D eigenvalue weighted by Gasteiger charge is 2.59. The smallest absolute Gasteiger partial charge is 0.461 e. The normalized spacial score (nSPS) is 41.5. The Bertz CT molecular complexity index is 1420. The van der Waals surface area contributed by atoms with Gasteiger partial charge in [-0.1, -0.05) is 58.0 Å². The number of benzene rings is 1. The number of hydrogen-bond donors (Lipinski definition) is 3. The van der Waals surface area contributed by atoms with E-state index in [4.69, 9.17) is 34.2 Å². The Morgan fingerprint density at radius 2 is 1.72 bits per heavy atom. The van der Waals surface area contributed by atoms with Gasteiger partial charge in [0.05, 0.1) is 29.6 Å². The van der Waals surface area contributed by atoms with Crippen molar-refractivity contribution in [3.63, 3.8) is 0 Å². The van der Waals surface area contributed by atoms with Crippen LogP contribution in [0, 0.1) is 23.7 Å². The van der Waals surface area contributed by atoms with Crippen LogP contribution in [0.5, 0.6) is 0 Å². The van der Waals surface area contributed by atoms with Crippen LogP contribution in [0.15, 0.2) is 30.3 Å². The molecule has 1 aromatic carbocycles. The van der Waals surface area contributed by atoms with Crippen LogP contribution < -0.4 is 5.73 Å². The molecule has 14 heteroatoms. The standard InChI is InChI=1S/C40H64N2O11S/c1-12-29-40(8)34(52-38(46)53-40)23(4)30(41)21(2)19-39(7,47)33(51-37-31(43)28(42(9)10)18-22(3)48-37)24(5)32(25(6)35(44)49-29)50-36(45)27(20-54-11)26-16-14-13-15-17-26/h13-17,21-25,27-34,37,43,47H,12,18-20,41H2,1-11H3/t21-,22-,23-,24+,25-,27?,28+,29?,30+,31-,32+,33-,34-,37+,39+,40-/m1/s1. The Kier molecular flexibility index (Phi) is 14.9. The third kappa shape index (κ3) is 9.55. The topological polar surface area (TPSA) is 176 Å². The summed E-state index contributed by atoms with van der Waals surface area (Å²) in [6, 6.07) is 8.36. The molecule has 16 atom stereocenters. The number of esters is 2. The molecule has 4 rings (SSSR count). The summed E-state index contributed by atoms with van der Waals surface area (Å²) >= 11 is 1.49. The Labute approximate surface area is 325 Å². The maximum atomic E-state index is 14.3. The first-order chi connectivity index (χ1) is 25.3. The number of likely N-dealkylation sites (N-methyl/N-ethyl adjacent to an activating group) is 1. The van der Waals surface area contributed by atoms with Gasteiger partial charge in [-0.25, -0.2) is 4.79 Å². The molecule has 0 radical (unpaired) electrons. The highest BCUT2D eigenvalue weighted by Crippen LogP contribution is 2.43. The zero-order valence-electron chi connectivity index (χ0n) is 33.8. The molecule has 306 valence electrons. The van der Waals surface area contributed by atoms with Gasteiger partial charge < -0.3 is 49.3 Å². The van der Waals surface area contributed by atoms with E-state index in [0.717, 1.165) is 5.56 Å². The molecule has 3 aliphatic heterocycles. The lowest BCUT2D eigenvalue weighted by Gasteiger charge is -2.48. The number of rotatable bonds is 9. The zero-order valence-corrected chi connectivity index (χ0v) is 34.6. The first kappa shape index (κ1) is 44.3. The number of aliphatic hydroxyl groups is 2. The second-order valence-electron chi connectivity index (χ2n) is 16.5. The summed E-state index contributed by atoms with van der Waals surface area (Å²) in [5, 5.41) is 24.1. The number of nitrogens with two attached hydrogens (primary N) is 1. The Hall–Kier alpha value is -2.46. The highest BCUT2D eigenvalue weighted by molar-refractivity contribution is 7.98. The van der Waals surface area contributed by atoms with Crippen molar-refractivity contribution in [1.82, 2.24) is 4.90 Å². The summed E-state index contributed by atoms with van der Waals surface area (Å²) in [4.78, 5) is 43.3. The van der Waals surface area contributed by atoms with Crippen molar-refractivity contribution in [1.29, 1.82) is 0 Å². The monoisotopic (exact) mass is 780 g/mol. The molecule has 0 amide bonds. The van der Waals surface area contributed by atoms with Gasteiger partial charge in [0.15, 0.2) is 18.0 Å². The number of fused-ring (bicyclic) bond motifs is 1. The van der Waals surface area contributed by atoms with Crippen LogP contribution in [-0.4, -0.2) is 126 Å². The molecule has 3 fully saturated rings. The Morgan fingerprint density at radius 1 is 1.07 bits per heavy atom. The van der Waals surface area contributed by atoms with Crippen molar-refractivity contribution in [2.45, 2.75) is 147 Å². The first-order valence-corrected chi connectivity index (χ1v) is 20.6. The van der Waals surface area contributed by atoms with Gasteiger partial charge >= 0.3 is 18.1 Å². The molecule has 3 aliphatic rings. The van der Waals surface area contributed by atoms with Crippen LogP contribution in [0.1, 0.15) is 86.1 Å². The Morgan fingerprint density at radius 3 is 2.31 bits per heavy atom. The summed E-state index contributed by atoms with van der Waals surface area (Å²) in [7, 11) is 3.74. The van der Waals surface area contributed by atoms with E-state index in [1.165, 1.54) is 11.8 Å². The number of carbonyl (C=O) groups excluding carboxylic acids is 3. The second-order valence-corrected chi connectivity index (χ2v) is 17.4. The number of carbonyl (C=O) groups is 3. The molecule has 3 heterocycles. The molecule has 3 saturated heterocycles. The van der Waals surface area contributed by atoms with Crippen LogP contribution in [0.4, 0.5) is 4.79 Å². The molecule has 0 spiro atoms. The van der Waals surface area contributed by atoms with E-state index in [0.29, 0.717) is 12.2 Å². The van der Waals surface area contributed by atoms with Crippen molar-refractivity contribution in [3.05, 3.63) is 35.9 Å². The van der Waals surface area contributed by atoms with Crippen LogP contribution in [0.2, 0.25) is 0 Å². The largest absolute Gasteiger partial charge is 0.509 e. The lowest BCUT2D eigenvalue weighted by atomic mass is 9.72. The van der Waals surface area contributed by atoms with Gasteiger partial charge in [-0.3, -0.25) is 9.59 Å². The van der Waals surface area contributed by atoms with E-state index in [2.05, 4.69) is 0 Å². The van der Waals surface area contributed by atoms with Crippen molar-refractivity contribution in [3.8, 4) is 0 Å². The molecule has 0 saturated carbocycles. The first-order valence-electron chi connectivity index (χ1n) is 19.2. The fourth-order valence-corrected chi connectivity index (χ4v) is 9.48. The lowest BCUT2D eigenvalue weighted by Crippen LogP contribution is -2.60. The third-order valence-corrected chi connectivity index (χ3v) is 12.6. The number of ether oxygens (including phenoxy) is 6. The summed E-state index contributed by atoms with van der Waals surface area (Å²) in [5.74, 6) is -4.30. The molecule has 4 N–H and O–H groups in total. The molecule has 2 unspecified atom stereocenters. The number of cyclic esters (lactones) is 1. The fraction of sp³-hybridized carbons (Fsp3) is 0.775. The van der Waals surface area contributed by atoms with E-state index >= 15 is 0 Å². The molecule has 0 bridgehead atoms. The highest BCUT2D eigenvalue weighted by atomic mass is 32.2. The van der Waals surface area contributed by atoms with Crippen molar-refractivity contribution >= 4 is 29.9 Å². The van der Waals surface area contributed by atoms with Gasteiger partial charge in [0.1, 0.15) is 18.3 Å².